The van der Waals surface area contributed by atoms with Gasteiger partial charge in [-0.3, -0.25) is 4.68 Å². The van der Waals surface area contributed by atoms with E-state index in [2.05, 4.69) is 25.7 Å². The van der Waals surface area contributed by atoms with Gasteiger partial charge in [0.05, 0.1) is 11.4 Å². The summed E-state index contributed by atoms with van der Waals surface area (Å²) < 4.78 is 1.77. The summed E-state index contributed by atoms with van der Waals surface area (Å²) in [5, 5.41) is 11.3. The highest BCUT2D eigenvalue weighted by molar-refractivity contribution is 7.98. The van der Waals surface area contributed by atoms with E-state index in [0.717, 1.165) is 28.2 Å². The monoisotopic (exact) mass is 264 g/mol. The summed E-state index contributed by atoms with van der Waals surface area (Å²) >= 11 is 1.51. The van der Waals surface area contributed by atoms with Crippen molar-refractivity contribution in [1.82, 2.24) is 19.7 Å². The average molecular weight is 264 g/mol. The van der Waals surface area contributed by atoms with Crippen LogP contribution >= 0.6 is 11.8 Å². The zero-order chi connectivity index (χ0) is 13.1. The van der Waals surface area contributed by atoms with Crippen LogP contribution in [0.15, 0.2) is 17.4 Å². The molecule has 2 aromatic rings. The molecular formula is C11H16N6S. The first-order valence-electron chi connectivity index (χ1n) is 5.50. The molecule has 2 heterocycles. The van der Waals surface area contributed by atoms with Crippen molar-refractivity contribution >= 4 is 29.1 Å². The molecule has 0 aliphatic carbocycles. The Morgan fingerprint density at radius 1 is 1.28 bits per heavy atom. The van der Waals surface area contributed by atoms with E-state index in [9.17, 15) is 0 Å². The summed E-state index contributed by atoms with van der Waals surface area (Å²) in [7, 11) is 3.73. The Morgan fingerprint density at radius 3 is 2.56 bits per heavy atom. The third kappa shape index (κ3) is 2.73. The second-order valence-corrected chi connectivity index (χ2v) is 4.58. The Balaban J connectivity index is 2.30. The summed E-state index contributed by atoms with van der Waals surface area (Å²) in [5.41, 5.74) is 1.89. The Labute approximate surface area is 110 Å². The number of hydrogen-bond donors (Lipinski definition) is 2. The number of aryl methyl sites for hydroxylation is 2. The number of anilines is 3. The fourth-order valence-corrected chi connectivity index (χ4v) is 1.95. The van der Waals surface area contributed by atoms with Gasteiger partial charge in [0, 0.05) is 26.4 Å². The summed E-state index contributed by atoms with van der Waals surface area (Å²) in [4.78, 5) is 8.73. The lowest BCUT2D eigenvalue weighted by Gasteiger charge is -2.07. The van der Waals surface area contributed by atoms with Crippen LogP contribution < -0.4 is 10.6 Å². The molecule has 96 valence electrons. The van der Waals surface area contributed by atoms with Crippen molar-refractivity contribution < 1.29 is 0 Å². The van der Waals surface area contributed by atoms with Crippen LogP contribution in [0.25, 0.3) is 0 Å². The summed E-state index contributed by atoms with van der Waals surface area (Å²) in [6.45, 7) is 1.96. The molecule has 0 aliphatic heterocycles. The van der Waals surface area contributed by atoms with E-state index in [1.807, 2.05) is 39.5 Å². The lowest BCUT2D eigenvalue weighted by Crippen LogP contribution is -2.00. The zero-order valence-electron chi connectivity index (χ0n) is 10.9. The van der Waals surface area contributed by atoms with Crippen molar-refractivity contribution in [3.05, 3.63) is 18.0 Å². The van der Waals surface area contributed by atoms with Crippen LogP contribution in [0.5, 0.6) is 0 Å². The Kier molecular flexibility index (Phi) is 3.71. The van der Waals surface area contributed by atoms with Crippen LogP contribution in [0.2, 0.25) is 0 Å². The molecule has 0 spiro atoms. The van der Waals surface area contributed by atoms with E-state index >= 15 is 0 Å². The SMILES string of the molecule is CNc1cc(Nc2cn(C)nc2C)nc(SC)n1. The molecule has 0 aliphatic rings. The smallest absolute Gasteiger partial charge is 0.191 e. The molecule has 2 N–H and O–H groups in total. The van der Waals surface area contributed by atoms with Gasteiger partial charge in [0.2, 0.25) is 0 Å². The van der Waals surface area contributed by atoms with Crippen molar-refractivity contribution in [2.24, 2.45) is 7.05 Å². The van der Waals surface area contributed by atoms with E-state index in [0.29, 0.717) is 0 Å². The largest absolute Gasteiger partial charge is 0.373 e. The molecule has 0 atom stereocenters. The lowest BCUT2D eigenvalue weighted by atomic mass is 10.4. The fourth-order valence-electron chi connectivity index (χ4n) is 1.57. The van der Waals surface area contributed by atoms with E-state index in [-0.39, 0.29) is 0 Å². The highest BCUT2D eigenvalue weighted by atomic mass is 32.2. The maximum atomic E-state index is 4.41. The molecule has 0 aromatic carbocycles. The Morgan fingerprint density at radius 2 is 2.00 bits per heavy atom. The normalized spacial score (nSPS) is 10.4. The number of aromatic nitrogens is 4. The van der Waals surface area contributed by atoms with Gasteiger partial charge in [0.15, 0.2) is 5.16 Å². The van der Waals surface area contributed by atoms with Crippen LogP contribution in [0.4, 0.5) is 17.3 Å². The topological polar surface area (TPSA) is 67.7 Å². The molecule has 0 bridgehead atoms. The number of hydrogen-bond acceptors (Lipinski definition) is 6. The quantitative estimate of drug-likeness (QED) is 0.650. The minimum Gasteiger partial charge on any atom is -0.373 e. The molecule has 18 heavy (non-hydrogen) atoms. The predicted molar refractivity (Wildman–Crippen MR) is 74.6 cm³/mol. The summed E-state index contributed by atoms with van der Waals surface area (Å²) in [5.74, 6) is 1.55. The molecular weight excluding hydrogens is 248 g/mol. The number of thioether (sulfide) groups is 1. The van der Waals surface area contributed by atoms with Crippen LogP contribution in [-0.4, -0.2) is 33.1 Å². The first-order valence-corrected chi connectivity index (χ1v) is 6.73. The van der Waals surface area contributed by atoms with Gasteiger partial charge in [-0.1, -0.05) is 11.8 Å². The van der Waals surface area contributed by atoms with Gasteiger partial charge in [-0.2, -0.15) is 5.10 Å². The molecule has 0 fully saturated rings. The second kappa shape index (κ2) is 5.26. The highest BCUT2D eigenvalue weighted by Crippen LogP contribution is 2.22. The van der Waals surface area contributed by atoms with Crippen molar-refractivity contribution in [3.8, 4) is 0 Å². The number of nitrogens with one attached hydrogen (secondary N) is 2. The zero-order valence-corrected chi connectivity index (χ0v) is 11.7. The predicted octanol–water partition coefficient (Wildman–Crippen LogP) is 2.03. The minimum absolute atomic E-state index is 0.728. The molecule has 0 radical (unpaired) electrons. The molecule has 2 rings (SSSR count). The molecule has 0 unspecified atom stereocenters. The summed E-state index contributed by atoms with van der Waals surface area (Å²) in [6.07, 6.45) is 3.88. The van der Waals surface area contributed by atoms with Gasteiger partial charge in [0.1, 0.15) is 11.6 Å². The average Bonchev–Trinajstić information content (AvgIpc) is 2.67. The molecule has 0 amide bonds. The number of rotatable bonds is 4. The van der Waals surface area contributed by atoms with Crippen LogP contribution in [0.1, 0.15) is 5.69 Å². The lowest BCUT2D eigenvalue weighted by molar-refractivity contribution is 0.756. The summed E-state index contributed by atoms with van der Waals surface area (Å²) in [6, 6.07) is 1.87. The maximum Gasteiger partial charge on any atom is 0.191 e. The minimum atomic E-state index is 0.728. The van der Waals surface area contributed by atoms with Gasteiger partial charge >= 0.3 is 0 Å². The standard InChI is InChI=1S/C11H16N6S/c1-7-8(6-17(3)16-7)13-10-5-9(12-2)14-11(15-10)18-4/h5-6H,1-4H3,(H2,12,13,14,15). The van der Waals surface area contributed by atoms with Crippen molar-refractivity contribution in [2.45, 2.75) is 12.1 Å². The molecule has 7 heteroatoms. The van der Waals surface area contributed by atoms with E-state index < -0.39 is 0 Å². The Hall–Kier alpha value is -1.76. The van der Waals surface area contributed by atoms with E-state index in [4.69, 9.17) is 0 Å². The van der Waals surface area contributed by atoms with Crippen molar-refractivity contribution in [2.75, 3.05) is 23.9 Å². The number of nitrogens with zero attached hydrogens (tertiary/aromatic N) is 4. The van der Waals surface area contributed by atoms with Crippen LogP contribution in [0.3, 0.4) is 0 Å². The molecule has 6 nitrogen and oxygen atoms in total. The Bertz CT molecular complexity index is 528. The maximum absolute atomic E-state index is 4.41. The van der Waals surface area contributed by atoms with Crippen molar-refractivity contribution in [1.29, 1.82) is 0 Å². The van der Waals surface area contributed by atoms with Crippen LogP contribution in [-0.2, 0) is 7.05 Å². The molecule has 2 aromatic heterocycles. The van der Waals surface area contributed by atoms with E-state index in [1.54, 1.807) is 4.68 Å². The fraction of sp³-hybridized carbons (Fsp3) is 0.364. The van der Waals surface area contributed by atoms with Gasteiger partial charge < -0.3 is 10.6 Å². The second-order valence-electron chi connectivity index (χ2n) is 3.80. The van der Waals surface area contributed by atoms with Gasteiger partial charge in [-0.25, -0.2) is 9.97 Å². The third-order valence-electron chi connectivity index (χ3n) is 2.42. The van der Waals surface area contributed by atoms with Gasteiger partial charge in [-0.15, -0.1) is 0 Å². The highest BCUT2D eigenvalue weighted by Gasteiger charge is 2.07. The van der Waals surface area contributed by atoms with Crippen LogP contribution in [0, 0.1) is 6.92 Å². The first-order chi connectivity index (χ1) is 8.62. The van der Waals surface area contributed by atoms with E-state index in [1.165, 1.54) is 11.8 Å². The van der Waals surface area contributed by atoms with Crippen molar-refractivity contribution in [3.63, 3.8) is 0 Å². The van der Waals surface area contributed by atoms with Gasteiger partial charge in [-0.05, 0) is 13.2 Å². The third-order valence-corrected chi connectivity index (χ3v) is 2.97. The van der Waals surface area contributed by atoms with Gasteiger partial charge in [0.25, 0.3) is 0 Å². The molecule has 0 saturated heterocycles. The molecule has 0 saturated carbocycles. The first kappa shape index (κ1) is 12.7.